The molecule has 0 fully saturated rings. The zero-order valence-corrected chi connectivity index (χ0v) is 11.2. The molecule has 0 saturated heterocycles. The Morgan fingerprint density at radius 2 is 2.17 bits per heavy atom. The van der Waals surface area contributed by atoms with Crippen LogP contribution in [0.2, 0.25) is 0 Å². The molecule has 0 aliphatic heterocycles. The lowest BCUT2D eigenvalue weighted by atomic mass is 10.1. The highest BCUT2D eigenvalue weighted by Gasteiger charge is 2.27. The van der Waals surface area contributed by atoms with E-state index in [0.29, 0.717) is 6.42 Å². The standard InChI is InChI=1S/C12H14BrF2NO2/c13-10-3-1-2-9(6-10)4-5-11(18)16-7-12(14,15)8-17/h1-3,6,17H,4-5,7-8H2,(H,16,18). The third-order valence-corrected chi connectivity index (χ3v) is 2.80. The van der Waals surface area contributed by atoms with E-state index >= 15 is 0 Å². The number of aryl methyl sites for hydroxylation is 1. The topological polar surface area (TPSA) is 49.3 Å². The molecular formula is C12H14BrF2NO2. The monoisotopic (exact) mass is 321 g/mol. The lowest BCUT2D eigenvalue weighted by molar-refractivity contribution is -0.124. The molecule has 3 nitrogen and oxygen atoms in total. The predicted octanol–water partition coefficient (Wildman–Crippen LogP) is 2.13. The van der Waals surface area contributed by atoms with E-state index in [9.17, 15) is 13.6 Å². The van der Waals surface area contributed by atoms with Crippen LogP contribution in [0.4, 0.5) is 8.78 Å². The summed E-state index contributed by atoms with van der Waals surface area (Å²) in [7, 11) is 0. The van der Waals surface area contributed by atoms with E-state index in [2.05, 4.69) is 21.2 Å². The molecule has 0 bridgehead atoms. The van der Waals surface area contributed by atoms with Gasteiger partial charge in [0.05, 0.1) is 6.54 Å². The maximum absolute atomic E-state index is 12.7. The Morgan fingerprint density at radius 1 is 1.44 bits per heavy atom. The van der Waals surface area contributed by atoms with Crippen LogP contribution in [0.1, 0.15) is 12.0 Å². The molecule has 1 amide bonds. The Bertz CT molecular complexity index is 413. The van der Waals surface area contributed by atoms with Crippen LogP contribution < -0.4 is 5.32 Å². The summed E-state index contributed by atoms with van der Waals surface area (Å²) in [4.78, 5) is 11.3. The van der Waals surface area contributed by atoms with Crippen molar-refractivity contribution in [3.63, 3.8) is 0 Å². The smallest absolute Gasteiger partial charge is 0.287 e. The van der Waals surface area contributed by atoms with Crippen molar-refractivity contribution in [2.24, 2.45) is 0 Å². The number of aliphatic hydroxyl groups is 1. The Balaban J connectivity index is 2.34. The maximum Gasteiger partial charge on any atom is 0.287 e. The number of hydrogen-bond acceptors (Lipinski definition) is 2. The summed E-state index contributed by atoms with van der Waals surface area (Å²) >= 11 is 3.31. The summed E-state index contributed by atoms with van der Waals surface area (Å²) in [6, 6.07) is 7.44. The fourth-order valence-corrected chi connectivity index (χ4v) is 1.77. The van der Waals surface area contributed by atoms with Crippen molar-refractivity contribution in [1.29, 1.82) is 0 Å². The van der Waals surface area contributed by atoms with Gasteiger partial charge in [0.1, 0.15) is 6.61 Å². The van der Waals surface area contributed by atoms with Crippen molar-refractivity contribution in [2.45, 2.75) is 18.8 Å². The van der Waals surface area contributed by atoms with Gasteiger partial charge in [0, 0.05) is 10.9 Å². The lowest BCUT2D eigenvalue weighted by Crippen LogP contribution is -2.39. The summed E-state index contributed by atoms with van der Waals surface area (Å²) in [5.41, 5.74) is 0.952. The highest BCUT2D eigenvalue weighted by molar-refractivity contribution is 9.10. The zero-order valence-electron chi connectivity index (χ0n) is 9.63. The molecule has 0 aliphatic rings. The minimum Gasteiger partial charge on any atom is -0.390 e. The van der Waals surface area contributed by atoms with Crippen LogP contribution in [0.15, 0.2) is 28.7 Å². The molecule has 18 heavy (non-hydrogen) atoms. The van der Waals surface area contributed by atoms with E-state index in [1.165, 1.54) is 0 Å². The molecule has 100 valence electrons. The largest absolute Gasteiger partial charge is 0.390 e. The van der Waals surface area contributed by atoms with Gasteiger partial charge in [-0.15, -0.1) is 0 Å². The van der Waals surface area contributed by atoms with Crippen LogP contribution in [-0.2, 0) is 11.2 Å². The van der Waals surface area contributed by atoms with Crippen molar-refractivity contribution in [3.05, 3.63) is 34.3 Å². The van der Waals surface area contributed by atoms with Crippen molar-refractivity contribution in [1.82, 2.24) is 5.32 Å². The quantitative estimate of drug-likeness (QED) is 0.843. The third kappa shape index (κ3) is 5.55. The number of carbonyl (C=O) groups excluding carboxylic acids is 1. The molecular weight excluding hydrogens is 308 g/mol. The minimum atomic E-state index is -3.26. The minimum absolute atomic E-state index is 0.137. The fraction of sp³-hybridized carbons (Fsp3) is 0.417. The molecule has 0 spiro atoms. The number of hydrogen-bond donors (Lipinski definition) is 2. The van der Waals surface area contributed by atoms with Gasteiger partial charge in [-0.25, -0.2) is 8.78 Å². The summed E-state index contributed by atoms with van der Waals surface area (Å²) in [6.45, 7) is -2.10. The number of benzene rings is 1. The molecule has 0 aliphatic carbocycles. The fourth-order valence-electron chi connectivity index (χ4n) is 1.32. The lowest BCUT2D eigenvalue weighted by Gasteiger charge is -2.13. The molecule has 2 N–H and O–H groups in total. The molecule has 1 aromatic carbocycles. The molecule has 0 radical (unpaired) electrons. The van der Waals surface area contributed by atoms with Gasteiger partial charge in [0.25, 0.3) is 5.92 Å². The molecule has 1 rings (SSSR count). The third-order valence-electron chi connectivity index (χ3n) is 2.31. The average Bonchev–Trinajstić information content (AvgIpc) is 2.34. The Hall–Kier alpha value is -1.01. The second-order valence-electron chi connectivity index (χ2n) is 3.92. The summed E-state index contributed by atoms with van der Waals surface area (Å²) < 4.78 is 26.2. The average molecular weight is 322 g/mol. The van der Waals surface area contributed by atoms with E-state index in [1.54, 1.807) is 0 Å². The number of nitrogens with one attached hydrogen (secondary N) is 1. The second kappa shape index (κ2) is 6.80. The zero-order chi connectivity index (χ0) is 13.6. The van der Waals surface area contributed by atoms with Gasteiger partial charge in [-0.05, 0) is 24.1 Å². The van der Waals surface area contributed by atoms with Gasteiger partial charge >= 0.3 is 0 Å². The van der Waals surface area contributed by atoms with Crippen LogP contribution in [0, 0.1) is 0 Å². The van der Waals surface area contributed by atoms with Crippen molar-refractivity contribution >= 4 is 21.8 Å². The van der Waals surface area contributed by atoms with Gasteiger partial charge in [0.2, 0.25) is 5.91 Å². The first-order chi connectivity index (χ1) is 8.43. The van der Waals surface area contributed by atoms with Gasteiger partial charge in [-0.1, -0.05) is 28.1 Å². The predicted molar refractivity (Wildman–Crippen MR) is 67.5 cm³/mol. The highest BCUT2D eigenvalue weighted by atomic mass is 79.9. The first-order valence-corrected chi connectivity index (χ1v) is 6.22. The molecule has 0 heterocycles. The Kier molecular flexibility index (Phi) is 5.68. The molecule has 1 aromatic rings. The summed E-state index contributed by atoms with van der Waals surface area (Å²) in [5.74, 6) is -3.71. The van der Waals surface area contributed by atoms with Crippen LogP contribution in [0.3, 0.4) is 0 Å². The first kappa shape index (κ1) is 15.0. The Labute approximate surface area is 112 Å². The molecule has 6 heteroatoms. The number of rotatable bonds is 6. The number of halogens is 3. The van der Waals surface area contributed by atoms with Gasteiger partial charge in [-0.3, -0.25) is 4.79 Å². The summed E-state index contributed by atoms with van der Waals surface area (Å²) in [5, 5.41) is 10.4. The normalized spacial score (nSPS) is 11.3. The number of amides is 1. The Morgan fingerprint density at radius 3 is 2.78 bits per heavy atom. The first-order valence-electron chi connectivity index (χ1n) is 5.43. The van der Waals surface area contributed by atoms with Gasteiger partial charge < -0.3 is 10.4 Å². The van der Waals surface area contributed by atoms with Crippen molar-refractivity contribution in [2.75, 3.05) is 13.2 Å². The maximum atomic E-state index is 12.7. The van der Waals surface area contributed by atoms with Gasteiger partial charge in [-0.2, -0.15) is 0 Å². The van der Waals surface area contributed by atoms with Crippen molar-refractivity contribution < 1.29 is 18.7 Å². The van der Waals surface area contributed by atoms with Gasteiger partial charge in [0.15, 0.2) is 0 Å². The summed E-state index contributed by atoms with van der Waals surface area (Å²) in [6.07, 6.45) is 0.619. The molecule has 0 aromatic heterocycles. The van der Waals surface area contributed by atoms with Crippen LogP contribution in [-0.4, -0.2) is 30.1 Å². The van der Waals surface area contributed by atoms with Crippen molar-refractivity contribution in [3.8, 4) is 0 Å². The van der Waals surface area contributed by atoms with E-state index in [0.717, 1.165) is 10.0 Å². The van der Waals surface area contributed by atoms with Crippen LogP contribution in [0.25, 0.3) is 0 Å². The SMILES string of the molecule is O=C(CCc1cccc(Br)c1)NCC(F)(F)CO. The number of aliphatic hydroxyl groups excluding tert-OH is 1. The van der Waals surface area contributed by atoms with Crippen LogP contribution >= 0.6 is 15.9 Å². The number of carbonyl (C=O) groups is 1. The van der Waals surface area contributed by atoms with E-state index in [1.807, 2.05) is 24.3 Å². The second-order valence-corrected chi connectivity index (χ2v) is 4.84. The molecule has 0 atom stereocenters. The van der Waals surface area contributed by atoms with E-state index in [4.69, 9.17) is 5.11 Å². The number of alkyl halides is 2. The van der Waals surface area contributed by atoms with E-state index in [-0.39, 0.29) is 6.42 Å². The highest BCUT2D eigenvalue weighted by Crippen LogP contribution is 2.13. The van der Waals surface area contributed by atoms with E-state index < -0.39 is 25.0 Å². The molecule has 0 unspecified atom stereocenters. The molecule has 0 saturated carbocycles. The van der Waals surface area contributed by atoms with Crippen LogP contribution in [0.5, 0.6) is 0 Å².